The van der Waals surface area contributed by atoms with Crippen molar-refractivity contribution in [2.75, 3.05) is 19.8 Å². The monoisotopic (exact) mass is 391 g/mol. The summed E-state index contributed by atoms with van der Waals surface area (Å²) in [6.45, 7) is 5.85. The Bertz CT molecular complexity index is 420. The lowest BCUT2D eigenvalue weighted by Gasteiger charge is -2.14. The van der Waals surface area contributed by atoms with Gasteiger partial charge in [-0.05, 0) is 88.0 Å². The second-order valence-electron chi connectivity index (χ2n) is 4.18. The van der Waals surface area contributed by atoms with Crippen LogP contribution in [0.25, 0.3) is 0 Å². The lowest BCUT2D eigenvalue weighted by atomic mass is 10.1. The average molecular weight is 393 g/mol. The highest BCUT2D eigenvalue weighted by atomic mass is 79.9. The van der Waals surface area contributed by atoms with Crippen LogP contribution in [0.3, 0.4) is 0 Å². The summed E-state index contributed by atoms with van der Waals surface area (Å²) in [5.74, 6) is 1.77. The van der Waals surface area contributed by atoms with Crippen molar-refractivity contribution in [3.63, 3.8) is 0 Å². The molecule has 0 atom stereocenters. The van der Waals surface area contributed by atoms with Gasteiger partial charge in [0, 0.05) is 0 Å². The van der Waals surface area contributed by atoms with Crippen molar-refractivity contribution in [2.24, 2.45) is 5.73 Å². The highest BCUT2D eigenvalue weighted by Crippen LogP contribution is 2.28. The average Bonchev–Trinajstić information content (AvgIpc) is 2.32. The van der Waals surface area contributed by atoms with Crippen LogP contribution in [0.15, 0.2) is 21.6 Å². The Morgan fingerprint density at radius 2 is 1.84 bits per heavy atom. The van der Waals surface area contributed by atoms with Crippen LogP contribution in [-0.4, -0.2) is 19.8 Å². The molecule has 106 valence electrons. The first-order valence-electron chi connectivity index (χ1n) is 6.12. The lowest BCUT2D eigenvalue weighted by molar-refractivity contribution is 0.307. The normalized spacial score (nSPS) is 10.2. The summed E-state index contributed by atoms with van der Waals surface area (Å²) in [6.07, 6.45) is 2.76. The van der Waals surface area contributed by atoms with Crippen LogP contribution < -0.4 is 15.2 Å². The Labute approximate surface area is 131 Å². The van der Waals surface area contributed by atoms with Gasteiger partial charge >= 0.3 is 0 Å². The number of ether oxygens (including phenoxy) is 2. The summed E-state index contributed by atoms with van der Waals surface area (Å²) in [6, 6.07) is 3.97. The van der Waals surface area contributed by atoms with E-state index >= 15 is 0 Å². The molecule has 0 bridgehead atoms. The molecule has 2 N–H and O–H groups in total. The van der Waals surface area contributed by atoms with Gasteiger partial charge in [0.15, 0.2) is 0 Å². The van der Waals surface area contributed by atoms with Gasteiger partial charge in [0.05, 0.1) is 10.00 Å². The number of hydrogen-bond acceptors (Lipinski definition) is 3. The molecule has 0 saturated carbocycles. The van der Waals surface area contributed by atoms with Crippen LogP contribution in [0.5, 0.6) is 11.5 Å². The van der Waals surface area contributed by atoms with Crippen LogP contribution in [0.1, 0.15) is 17.5 Å². The van der Waals surface area contributed by atoms with Gasteiger partial charge < -0.3 is 15.2 Å². The SMILES string of the molecule is Cc1cc(OCC=C(Br)Br)cc(C)c1OCCCN. The summed E-state index contributed by atoms with van der Waals surface area (Å²) < 4.78 is 12.3. The molecule has 3 nitrogen and oxygen atoms in total. The Balaban J connectivity index is 2.70. The molecule has 0 radical (unpaired) electrons. The predicted molar refractivity (Wildman–Crippen MR) is 86.5 cm³/mol. The fourth-order valence-corrected chi connectivity index (χ4v) is 1.94. The highest BCUT2D eigenvalue weighted by molar-refractivity contribution is 9.28. The fourth-order valence-electron chi connectivity index (χ4n) is 1.68. The molecule has 1 rings (SSSR count). The summed E-state index contributed by atoms with van der Waals surface area (Å²) in [4.78, 5) is 0. The van der Waals surface area contributed by atoms with E-state index in [0.717, 1.165) is 32.4 Å². The number of hydrogen-bond donors (Lipinski definition) is 1. The quantitative estimate of drug-likeness (QED) is 0.712. The first kappa shape index (κ1) is 16.5. The lowest BCUT2D eigenvalue weighted by Crippen LogP contribution is -2.07. The van der Waals surface area contributed by atoms with Gasteiger partial charge in [-0.2, -0.15) is 0 Å². The van der Waals surface area contributed by atoms with E-state index in [1.165, 1.54) is 0 Å². The second kappa shape index (κ2) is 8.61. The molecule has 0 fully saturated rings. The summed E-state index contributed by atoms with van der Waals surface area (Å²) in [5, 5.41) is 0. The van der Waals surface area contributed by atoms with E-state index < -0.39 is 0 Å². The van der Waals surface area contributed by atoms with E-state index in [0.29, 0.717) is 19.8 Å². The molecule has 0 aliphatic heterocycles. The van der Waals surface area contributed by atoms with Crippen molar-refractivity contribution < 1.29 is 9.47 Å². The summed E-state index contributed by atoms with van der Waals surface area (Å²) >= 11 is 6.58. The molecule has 0 aromatic heterocycles. The van der Waals surface area contributed by atoms with E-state index in [-0.39, 0.29) is 0 Å². The number of nitrogens with two attached hydrogens (primary N) is 1. The molecule has 0 aliphatic rings. The fraction of sp³-hybridized carbons (Fsp3) is 0.429. The summed E-state index contributed by atoms with van der Waals surface area (Å²) in [5.41, 5.74) is 7.61. The van der Waals surface area contributed by atoms with Crippen LogP contribution in [0, 0.1) is 13.8 Å². The maximum Gasteiger partial charge on any atom is 0.125 e. The molecule has 1 aromatic carbocycles. The summed E-state index contributed by atoms with van der Waals surface area (Å²) in [7, 11) is 0. The van der Waals surface area contributed by atoms with Crippen molar-refractivity contribution in [1.82, 2.24) is 0 Å². The molecule has 19 heavy (non-hydrogen) atoms. The zero-order valence-electron chi connectivity index (χ0n) is 11.2. The van der Waals surface area contributed by atoms with Crippen LogP contribution in [0.2, 0.25) is 0 Å². The van der Waals surface area contributed by atoms with E-state index in [1.807, 2.05) is 32.1 Å². The molecular weight excluding hydrogens is 374 g/mol. The van der Waals surface area contributed by atoms with Gasteiger partial charge in [-0.3, -0.25) is 0 Å². The topological polar surface area (TPSA) is 44.5 Å². The molecule has 1 aromatic rings. The van der Waals surface area contributed by atoms with Gasteiger partial charge in [0.2, 0.25) is 0 Å². The van der Waals surface area contributed by atoms with Gasteiger partial charge in [-0.25, -0.2) is 0 Å². The van der Waals surface area contributed by atoms with Gasteiger partial charge in [0.1, 0.15) is 18.1 Å². The van der Waals surface area contributed by atoms with E-state index in [1.54, 1.807) is 0 Å². The third kappa shape index (κ3) is 5.97. The second-order valence-corrected chi connectivity index (χ2v) is 6.95. The number of benzene rings is 1. The maximum atomic E-state index is 5.74. The number of rotatable bonds is 7. The highest BCUT2D eigenvalue weighted by Gasteiger charge is 2.07. The number of halogens is 2. The van der Waals surface area contributed by atoms with Crippen molar-refractivity contribution in [3.8, 4) is 11.5 Å². The van der Waals surface area contributed by atoms with Crippen molar-refractivity contribution >= 4 is 31.9 Å². The molecule has 0 saturated heterocycles. The van der Waals surface area contributed by atoms with Gasteiger partial charge in [0.25, 0.3) is 0 Å². The molecule has 0 aliphatic carbocycles. The minimum Gasteiger partial charge on any atom is -0.493 e. The number of aryl methyl sites for hydroxylation is 2. The Kier molecular flexibility index (Phi) is 7.49. The minimum atomic E-state index is 0.512. The third-order valence-corrected chi connectivity index (χ3v) is 3.16. The molecule has 0 amide bonds. The largest absolute Gasteiger partial charge is 0.493 e. The van der Waals surface area contributed by atoms with Crippen molar-refractivity contribution in [2.45, 2.75) is 20.3 Å². The first-order valence-corrected chi connectivity index (χ1v) is 7.71. The molecule has 5 heteroatoms. The standard InChI is InChI=1S/C14H19Br2NO2/c1-10-8-12(18-7-4-13(15)16)9-11(2)14(10)19-6-3-5-17/h4,8-9H,3,5-7,17H2,1-2H3. The maximum absolute atomic E-state index is 5.74. The van der Waals surface area contributed by atoms with Crippen LogP contribution in [-0.2, 0) is 0 Å². The Morgan fingerprint density at radius 1 is 1.21 bits per heavy atom. The van der Waals surface area contributed by atoms with Gasteiger partial charge in [-0.1, -0.05) is 0 Å². The Hall–Kier alpha value is -0.520. The Morgan fingerprint density at radius 3 is 2.37 bits per heavy atom. The third-order valence-electron chi connectivity index (χ3n) is 2.52. The zero-order chi connectivity index (χ0) is 14.3. The van der Waals surface area contributed by atoms with Crippen molar-refractivity contribution in [1.29, 1.82) is 0 Å². The molecular formula is C14H19Br2NO2. The van der Waals surface area contributed by atoms with E-state index in [9.17, 15) is 0 Å². The molecule has 0 spiro atoms. The van der Waals surface area contributed by atoms with Crippen LogP contribution in [0.4, 0.5) is 0 Å². The predicted octanol–water partition coefficient (Wildman–Crippen LogP) is 4.04. The molecule has 0 unspecified atom stereocenters. The zero-order valence-corrected chi connectivity index (χ0v) is 14.4. The molecule has 0 heterocycles. The first-order chi connectivity index (χ1) is 9.04. The smallest absolute Gasteiger partial charge is 0.125 e. The van der Waals surface area contributed by atoms with Crippen LogP contribution >= 0.6 is 31.9 Å². The van der Waals surface area contributed by atoms with E-state index in [4.69, 9.17) is 15.2 Å². The van der Waals surface area contributed by atoms with Gasteiger partial charge in [-0.15, -0.1) is 0 Å². The van der Waals surface area contributed by atoms with Crippen molar-refractivity contribution in [3.05, 3.63) is 32.7 Å². The van der Waals surface area contributed by atoms with E-state index in [2.05, 4.69) is 31.9 Å². The minimum absolute atomic E-state index is 0.512.